The summed E-state index contributed by atoms with van der Waals surface area (Å²) in [5.41, 5.74) is 4.24. The Bertz CT molecular complexity index is 1310. The number of aromatic nitrogens is 3. The molecule has 0 bridgehead atoms. The van der Waals surface area contributed by atoms with E-state index in [1.165, 1.54) is 0 Å². The van der Waals surface area contributed by atoms with E-state index in [1.54, 1.807) is 35.3 Å². The van der Waals surface area contributed by atoms with Crippen molar-refractivity contribution in [3.8, 4) is 17.2 Å². The van der Waals surface area contributed by atoms with Gasteiger partial charge in [-0.05, 0) is 35.7 Å². The molecule has 0 aliphatic rings. The molecule has 2 aromatic carbocycles. The van der Waals surface area contributed by atoms with Crippen LogP contribution >= 0.6 is 11.6 Å². The van der Waals surface area contributed by atoms with Gasteiger partial charge in [0, 0.05) is 37.1 Å². The van der Waals surface area contributed by atoms with Crippen molar-refractivity contribution in [2.75, 3.05) is 11.9 Å². The highest BCUT2D eigenvalue weighted by Crippen LogP contribution is 2.27. The van der Waals surface area contributed by atoms with E-state index in [2.05, 4.69) is 26.8 Å². The van der Waals surface area contributed by atoms with Gasteiger partial charge in [-0.15, -0.1) is 0 Å². The van der Waals surface area contributed by atoms with Gasteiger partial charge in [0.05, 0.1) is 22.9 Å². The minimum atomic E-state index is -0.588. The number of anilines is 1. The normalized spacial score (nSPS) is 11.6. The second-order valence-electron chi connectivity index (χ2n) is 7.80. The van der Waals surface area contributed by atoms with Crippen LogP contribution in [0.2, 0.25) is 5.02 Å². The molecule has 170 valence electrons. The van der Waals surface area contributed by atoms with Crippen LogP contribution in [0.3, 0.4) is 0 Å². The Balaban J connectivity index is 1.46. The fourth-order valence-electron chi connectivity index (χ4n) is 3.56. The van der Waals surface area contributed by atoms with Crippen molar-refractivity contribution in [2.24, 2.45) is 7.05 Å². The number of hydrogen-bond donors (Lipinski definition) is 2. The van der Waals surface area contributed by atoms with Crippen LogP contribution in [-0.4, -0.2) is 27.2 Å². The molecule has 0 aliphatic heterocycles. The van der Waals surface area contributed by atoms with E-state index in [0.717, 1.165) is 22.3 Å². The maximum absolute atomic E-state index is 13.2. The summed E-state index contributed by atoms with van der Waals surface area (Å²) in [5.74, 6) is 0.0451. The Morgan fingerprint density at radius 1 is 1.12 bits per heavy atom. The van der Waals surface area contributed by atoms with Crippen molar-refractivity contribution in [3.63, 3.8) is 0 Å². The molecular formula is C26H23ClN6O. The van der Waals surface area contributed by atoms with Gasteiger partial charge in [-0.2, -0.15) is 10.4 Å². The molecule has 4 aromatic rings. The molecule has 0 saturated carbocycles. The lowest BCUT2D eigenvalue weighted by Crippen LogP contribution is -2.34. The summed E-state index contributed by atoms with van der Waals surface area (Å²) in [7, 11) is 1.84. The lowest BCUT2D eigenvalue weighted by atomic mass is 10.0. The number of nitrogens with zero attached hydrogens (tertiary/aromatic N) is 4. The monoisotopic (exact) mass is 470 g/mol. The van der Waals surface area contributed by atoms with E-state index in [9.17, 15) is 4.79 Å². The number of carbonyl (C=O) groups is 1. The van der Waals surface area contributed by atoms with Crippen molar-refractivity contribution in [1.29, 1.82) is 5.26 Å². The van der Waals surface area contributed by atoms with Gasteiger partial charge in [-0.3, -0.25) is 9.48 Å². The van der Waals surface area contributed by atoms with Crippen molar-refractivity contribution in [3.05, 3.63) is 101 Å². The van der Waals surface area contributed by atoms with Crippen LogP contribution in [0.25, 0.3) is 11.1 Å². The van der Waals surface area contributed by atoms with E-state index in [-0.39, 0.29) is 5.91 Å². The lowest BCUT2D eigenvalue weighted by molar-refractivity contribution is -0.118. The van der Waals surface area contributed by atoms with Gasteiger partial charge in [-0.25, -0.2) is 4.98 Å². The number of amides is 1. The molecule has 0 saturated heterocycles. The molecule has 0 fully saturated rings. The summed E-state index contributed by atoms with van der Waals surface area (Å²) in [6.45, 7) is 0.569. The number of benzene rings is 2. The van der Waals surface area contributed by atoms with Crippen molar-refractivity contribution < 1.29 is 4.79 Å². The van der Waals surface area contributed by atoms with Crippen LogP contribution in [0.15, 0.2) is 79.3 Å². The summed E-state index contributed by atoms with van der Waals surface area (Å²) >= 11 is 6.44. The van der Waals surface area contributed by atoms with Crippen LogP contribution < -0.4 is 10.6 Å². The zero-order valence-electron chi connectivity index (χ0n) is 18.6. The molecular weight excluding hydrogens is 448 g/mol. The lowest BCUT2D eigenvalue weighted by Gasteiger charge is -2.19. The van der Waals surface area contributed by atoms with E-state index in [1.807, 2.05) is 55.7 Å². The van der Waals surface area contributed by atoms with Crippen molar-refractivity contribution in [2.45, 2.75) is 12.5 Å². The van der Waals surface area contributed by atoms with Gasteiger partial charge in [-0.1, -0.05) is 54.1 Å². The van der Waals surface area contributed by atoms with Crippen LogP contribution in [0.5, 0.6) is 0 Å². The minimum absolute atomic E-state index is 0.255. The van der Waals surface area contributed by atoms with Gasteiger partial charge in [0.2, 0.25) is 5.91 Å². The van der Waals surface area contributed by atoms with Gasteiger partial charge in [0.1, 0.15) is 6.04 Å². The van der Waals surface area contributed by atoms with Crippen molar-refractivity contribution >= 4 is 23.3 Å². The quantitative estimate of drug-likeness (QED) is 0.394. The fraction of sp³-hybridized carbons (Fsp3) is 0.154. The summed E-state index contributed by atoms with van der Waals surface area (Å²) in [6, 6.07) is 20.2. The summed E-state index contributed by atoms with van der Waals surface area (Å²) in [5, 5.41) is 19.7. The molecule has 7 nitrogen and oxygen atoms in total. The summed E-state index contributed by atoms with van der Waals surface area (Å²) in [6.07, 6.45) is 5.97. The Labute approximate surface area is 203 Å². The summed E-state index contributed by atoms with van der Waals surface area (Å²) in [4.78, 5) is 17.6. The Morgan fingerprint density at radius 3 is 2.53 bits per heavy atom. The average molecular weight is 471 g/mol. The highest BCUT2D eigenvalue weighted by atomic mass is 35.5. The molecule has 1 amide bonds. The molecule has 2 heterocycles. The first-order valence-electron chi connectivity index (χ1n) is 10.8. The standard InChI is InChI=1S/C26H23ClN6O/c1-33-17-22(16-31-33)21-13-23(27)25(30-15-21)32-26(34)24(20-5-3-2-4-6-20)29-12-11-18-7-9-19(14-28)10-8-18/h2-10,13,15-17,24,29H,11-12H2,1H3,(H,30,32,34)/t24-/m0/s1. The Hall–Kier alpha value is -3.99. The topological polar surface area (TPSA) is 95.6 Å². The number of nitriles is 1. The number of aryl methyl sites for hydroxylation is 1. The molecule has 0 unspecified atom stereocenters. The zero-order valence-corrected chi connectivity index (χ0v) is 19.3. The van der Waals surface area contributed by atoms with Gasteiger partial charge in [0.15, 0.2) is 5.82 Å². The van der Waals surface area contributed by atoms with E-state index >= 15 is 0 Å². The third-order valence-electron chi connectivity index (χ3n) is 5.36. The number of hydrogen-bond acceptors (Lipinski definition) is 5. The highest BCUT2D eigenvalue weighted by Gasteiger charge is 2.21. The fourth-order valence-corrected chi connectivity index (χ4v) is 3.77. The Kier molecular flexibility index (Phi) is 7.33. The number of nitrogens with one attached hydrogen (secondary N) is 2. The van der Waals surface area contributed by atoms with Crippen LogP contribution in [0, 0.1) is 11.3 Å². The average Bonchev–Trinajstić information content (AvgIpc) is 3.30. The van der Waals surface area contributed by atoms with Gasteiger partial charge < -0.3 is 10.6 Å². The predicted octanol–water partition coefficient (Wildman–Crippen LogP) is 4.52. The number of pyridine rings is 1. The first kappa shape index (κ1) is 23.2. The van der Waals surface area contributed by atoms with Gasteiger partial charge >= 0.3 is 0 Å². The molecule has 4 rings (SSSR count). The molecule has 2 N–H and O–H groups in total. The van der Waals surface area contributed by atoms with Crippen LogP contribution in [0.1, 0.15) is 22.7 Å². The number of carbonyl (C=O) groups excluding carboxylic acids is 1. The third kappa shape index (κ3) is 5.67. The van der Waals surface area contributed by atoms with Crippen LogP contribution in [-0.2, 0) is 18.3 Å². The molecule has 8 heteroatoms. The second-order valence-corrected chi connectivity index (χ2v) is 8.21. The van der Waals surface area contributed by atoms with Crippen molar-refractivity contribution in [1.82, 2.24) is 20.1 Å². The maximum atomic E-state index is 13.2. The smallest absolute Gasteiger partial charge is 0.247 e. The third-order valence-corrected chi connectivity index (χ3v) is 5.65. The zero-order chi connectivity index (χ0) is 23.9. The second kappa shape index (κ2) is 10.8. The highest BCUT2D eigenvalue weighted by molar-refractivity contribution is 6.33. The first-order valence-corrected chi connectivity index (χ1v) is 11.1. The molecule has 2 aromatic heterocycles. The molecule has 34 heavy (non-hydrogen) atoms. The van der Waals surface area contributed by atoms with E-state index in [0.29, 0.717) is 29.4 Å². The first-order chi connectivity index (χ1) is 16.5. The van der Waals surface area contributed by atoms with Crippen LogP contribution in [0.4, 0.5) is 5.82 Å². The van der Waals surface area contributed by atoms with E-state index in [4.69, 9.17) is 16.9 Å². The molecule has 0 aliphatic carbocycles. The molecule has 0 radical (unpaired) electrons. The molecule has 1 atom stereocenters. The molecule has 0 spiro atoms. The summed E-state index contributed by atoms with van der Waals surface area (Å²) < 4.78 is 1.70. The SMILES string of the molecule is Cn1cc(-c2cnc(NC(=O)[C@@H](NCCc3ccc(C#N)cc3)c3ccccc3)c(Cl)c2)cn1. The van der Waals surface area contributed by atoms with E-state index < -0.39 is 6.04 Å². The predicted molar refractivity (Wildman–Crippen MR) is 132 cm³/mol. The minimum Gasteiger partial charge on any atom is -0.308 e. The Morgan fingerprint density at radius 2 is 1.88 bits per heavy atom. The largest absolute Gasteiger partial charge is 0.308 e. The van der Waals surface area contributed by atoms with Gasteiger partial charge in [0.25, 0.3) is 0 Å². The maximum Gasteiger partial charge on any atom is 0.247 e. The number of halogens is 1. The number of rotatable bonds is 8.